The Hall–Kier alpha value is -1.55. The smallest absolute Gasteiger partial charge is 0.319 e. The lowest BCUT2D eigenvalue weighted by molar-refractivity contribution is 0.247. The number of hydrogen-bond donors (Lipinski definition) is 3. The summed E-state index contributed by atoms with van der Waals surface area (Å²) in [7, 11) is 0. The maximum atomic E-state index is 11.7. The van der Waals surface area contributed by atoms with Crippen LogP contribution in [0.15, 0.2) is 24.3 Å². The maximum Gasteiger partial charge on any atom is 0.319 e. The molecule has 4 heteroatoms. The highest BCUT2D eigenvalue weighted by molar-refractivity contribution is 5.89. The van der Waals surface area contributed by atoms with Crippen LogP contribution in [0.1, 0.15) is 32.3 Å². The van der Waals surface area contributed by atoms with E-state index in [1.165, 1.54) is 0 Å². The first-order chi connectivity index (χ1) is 8.19. The van der Waals surface area contributed by atoms with Crippen molar-refractivity contribution in [1.29, 1.82) is 0 Å². The SMILES string of the molecule is CCC(CC)NC(=O)Nc1cccc(CN)c1. The van der Waals surface area contributed by atoms with Crippen LogP contribution in [-0.4, -0.2) is 12.1 Å². The second-order valence-corrected chi connectivity index (χ2v) is 4.02. The third-order valence-corrected chi connectivity index (χ3v) is 2.74. The van der Waals surface area contributed by atoms with E-state index in [-0.39, 0.29) is 12.1 Å². The van der Waals surface area contributed by atoms with Gasteiger partial charge in [-0.15, -0.1) is 0 Å². The van der Waals surface area contributed by atoms with Crippen molar-refractivity contribution in [2.24, 2.45) is 5.73 Å². The minimum Gasteiger partial charge on any atom is -0.335 e. The molecule has 0 heterocycles. The van der Waals surface area contributed by atoms with E-state index in [0.717, 1.165) is 24.1 Å². The number of urea groups is 1. The molecule has 17 heavy (non-hydrogen) atoms. The monoisotopic (exact) mass is 235 g/mol. The van der Waals surface area contributed by atoms with Gasteiger partial charge in [-0.2, -0.15) is 0 Å². The number of rotatable bonds is 5. The average Bonchev–Trinajstić information content (AvgIpc) is 2.36. The highest BCUT2D eigenvalue weighted by atomic mass is 16.2. The molecule has 0 atom stereocenters. The summed E-state index contributed by atoms with van der Waals surface area (Å²) in [4.78, 5) is 11.7. The quantitative estimate of drug-likeness (QED) is 0.734. The van der Waals surface area contributed by atoms with Crippen molar-refractivity contribution in [2.75, 3.05) is 5.32 Å². The van der Waals surface area contributed by atoms with Gasteiger partial charge in [-0.3, -0.25) is 0 Å². The Morgan fingerprint density at radius 1 is 1.35 bits per heavy atom. The summed E-state index contributed by atoms with van der Waals surface area (Å²) in [5, 5.41) is 5.73. The summed E-state index contributed by atoms with van der Waals surface area (Å²) >= 11 is 0. The number of benzene rings is 1. The van der Waals surface area contributed by atoms with Crippen LogP contribution < -0.4 is 16.4 Å². The van der Waals surface area contributed by atoms with Crippen molar-refractivity contribution in [3.05, 3.63) is 29.8 Å². The van der Waals surface area contributed by atoms with Crippen LogP contribution in [0.3, 0.4) is 0 Å². The molecule has 94 valence electrons. The molecule has 0 spiro atoms. The topological polar surface area (TPSA) is 67.2 Å². The van der Waals surface area contributed by atoms with E-state index >= 15 is 0 Å². The number of hydrogen-bond acceptors (Lipinski definition) is 2. The molecule has 1 aromatic rings. The van der Waals surface area contributed by atoms with Gasteiger partial charge in [-0.25, -0.2) is 4.79 Å². The number of amides is 2. The fourth-order valence-electron chi connectivity index (χ4n) is 1.62. The van der Waals surface area contributed by atoms with Crippen molar-refractivity contribution in [2.45, 2.75) is 39.3 Å². The van der Waals surface area contributed by atoms with Gasteiger partial charge in [0.05, 0.1) is 0 Å². The number of nitrogens with one attached hydrogen (secondary N) is 2. The van der Waals surface area contributed by atoms with Gasteiger partial charge in [-0.05, 0) is 30.5 Å². The summed E-state index contributed by atoms with van der Waals surface area (Å²) in [5.41, 5.74) is 7.32. The van der Waals surface area contributed by atoms with Gasteiger partial charge in [0.15, 0.2) is 0 Å². The summed E-state index contributed by atoms with van der Waals surface area (Å²) in [5.74, 6) is 0. The van der Waals surface area contributed by atoms with Crippen molar-refractivity contribution >= 4 is 11.7 Å². The summed E-state index contributed by atoms with van der Waals surface area (Å²) in [6.45, 7) is 4.59. The van der Waals surface area contributed by atoms with E-state index in [0.29, 0.717) is 6.54 Å². The average molecular weight is 235 g/mol. The van der Waals surface area contributed by atoms with Crippen molar-refractivity contribution in [3.63, 3.8) is 0 Å². The van der Waals surface area contributed by atoms with Crippen LogP contribution in [0, 0.1) is 0 Å². The Bertz CT molecular complexity index is 361. The molecular weight excluding hydrogens is 214 g/mol. The Kier molecular flexibility index (Phi) is 5.49. The van der Waals surface area contributed by atoms with Crippen LogP contribution in [0.25, 0.3) is 0 Å². The van der Waals surface area contributed by atoms with Gasteiger partial charge in [0.25, 0.3) is 0 Å². The lowest BCUT2D eigenvalue weighted by Crippen LogP contribution is -2.37. The Morgan fingerprint density at radius 3 is 2.65 bits per heavy atom. The first-order valence-corrected chi connectivity index (χ1v) is 6.06. The zero-order valence-corrected chi connectivity index (χ0v) is 10.5. The highest BCUT2D eigenvalue weighted by Crippen LogP contribution is 2.10. The fourth-order valence-corrected chi connectivity index (χ4v) is 1.62. The predicted octanol–water partition coefficient (Wildman–Crippen LogP) is 2.46. The summed E-state index contributed by atoms with van der Waals surface area (Å²) < 4.78 is 0. The summed E-state index contributed by atoms with van der Waals surface area (Å²) in [6, 6.07) is 7.62. The van der Waals surface area contributed by atoms with Gasteiger partial charge in [-0.1, -0.05) is 26.0 Å². The number of carbonyl (C=O) groups excluding carboxylic acids is 1. The molecular formula is C13H21N3O. The van der Waals surface area contributed by atoms with Gasteiger partial charge in [0.2, 0.25) is 0 Å². The van der Waals surface area contributed by atoms with E-state index in [9.17, 15) is 4.79 Å². The lowest BCUT2D eigenvalue weighted by Gasteiger charge is -2.15. The molecule has 0 saturated heterocycles. The lowest BCUT2D eigenvalue weighted by atomic mass is 10.2. The molecule has 0 aliphatic rings. The zero-order chi connectivity index (χ0) is 12.7. The van der Waals surface area contributed by atoms with Gasteiger partial charge in [0.1, 0.15) is 0 Å². The molecule has 0 aliphatic carbocycles. The molecule has 2 amide bonds. The van der Waals surface area contributed by atoms with Gasteiger partial charge < -0.3 is 16.4 Å². The van der Waals surface area contributed by atoms with E-state index in [1.54, 1.807) is 0 Å². The minimum absolute atomic E-state index is 0.159. The van der Waals surface area contributed by atoms with Crippen LogP contribution in [-0.2, 0) is 6.54 Å². The second-order valence-electron chi connectivity index (χ2n) is 4.02. The number of anilines is 1. The van der Waals surface area contributed by atoms with Crippen molar-refractivity contribution < 1.29 is 4.79 Å². The van der Waals surface area contributed by atoms with Crippen LogP contribution in [0.4, 0.5) is 10.5 Å². The first-order valence-electron chi connectivity index (χ1n) is 6.06. The normalized spacial score (nSPS) is 10.4. The molecule has 0 bridgehead atoms. The predicted molar refractivity (Wildman–Crippen MR) is 70.9 cm³/mol. The molecule has 0 aliphatic heterocycles. The largest absolute Gasteiger partial charge is 0.335 e. The van der Waals surface area contributed by atoms with Crippen LogP contribution in [0.2, 0.25) is 0 Å². The minimum atomic E-state index is -0.159. The molecule has 0 radical (unpaired) electrons. The van der Waals surface area contributed by atoms with E-state index in [1.807, 2.05) is 24.3 Å². The zero-order valence-electron chi connectivity index (χ0n) is 10.5. The third-order valence-electron chi connectivity index (χ3n) is 2.74. The molecule has 4 N–H and O–H groups in total. The Morgan fingerprint density at radius 2 is 2.06 bits per heavy atom. The molecule has 1 rings (SSSR count). The Labute approximate surface area is 103 Å². The maximum absolute atomic E-state index is 11.7. The molecule has 0 saturated carbocycles. The molecule has 0 fully saturated rings. The highest BCUT2D eigenvalue weighted by Gasteiger charge is 2.07. The summed E-state index contributed by atoms with van der Waals surface area (Å²) in [6.07, 6.45) is 1.87. The molecule has 4 nitrogen and oxygen atoms in total. The molecule has 0 unspecified atom stereocenters. The molecule has 1 aromatic carbocycles. The second kappa shape index (κ2) is 6.91. The standard InChI is InChI=1S/C13H21N3O/c1-3-11(4-2)15-13(17)16-12-7-5-6-10(8-12)9-14/h5-8,11H,3-4,9,14H2,1-2H3,(H2,15,16,17). The van der Waals surface area contributed by atoms with Gasteiger partial charge >= 0.3 is 6.03 Å². The number of carbonyl (C=O) groups is 1. The van der Waals surface area contributed by atoms with Crippen LogP contribution in [0.5, 0.6) is 0 Å². The van der Waals surface area contributed by atoms with E-state index in [4.69, 9.17) is 5.73 Å². The fraction of sp³-hybridized carbons (Fsp3) is 0.462. The van der Waals surface area contributed by atoms with Crippen molar-refractivity contribution in [1.82, 2.24) is 5.32 Å². The third kappa shape index (κ3) is 4.44. The van der Waals surface area contributed by atoms with Crippen molar-refractivity contribution in [3.8, 4) is 0 Å². The number of nitrogens with two attached hydrogens (primary N) is 1. The van der Waals surface area contributed by atoms with Crippen LogP contribution >= 0.6 is 0 Å². The van der Waals surface area contributed by atoms with Gasteiger partial charge in [0, 0.05) is 18.3 Å². The first kappa shape index (κ1) is 13.5. The van der Waals surface area contributed by atoms with E-state index in [2.05, 4.69) is 24.5 Å². The molecule has 0 aromatic heterocycles. The van der Waals surface area contributed by atoms with E-state index < -0.39 is 0 Å². The Balaban J connectivity index is 2.55.